The Morgan fingerprint density at radius 1 is 0.657 bits per heavy atom. The zero-order valence-corrected chi connectivity index (χ0v) is 38.5. The number of aliphatic hydroxyl groups excluding tert-OH is 1. The van der Waals surface area contributed by atoms with Crippen molar-refractivity contribution >= 4 is 11.6 Å². The van der Waals surface area contributed by atoms with E-state index in [-0.39, 0.29) is 41.5 Å². The maximum absolute atomic E-state index is 12.9. The summed E-state index contributed by atoms with van der Waals surface area (Å²) in [5, 5.41) is 23.8. The molecule has 70 heavy (non-hydrogen) atoms. The van der Waals surface area contributed by atoms with E-state index < -0.39 is 36.1 Å². The lowest BCUT2D eigenvalue weighted by Crippen LogP contribution is -2.50. The summed E-state index contributed by atoms with van der Waals surface area (Å²) >= 11 is 0. The Balaban J connectivity index is 0.000000157. The number of carbonyl (C=O) groups is 2. The maximum atomic E-state index is 12.9. The molecule has 5 atom stereocenters. The topological polar surface area (TPSA) is 142 Å². The number of aliphatic hydroxyl groups is 1. The number of phenols is 1. The van der Waals surface area contributed by atoms with Gasteiger partial charge in [-0.3, -0.25) is 14.9 Å². The first kappa shape index (κ1) is 50.9. The van der Waals surface area contributed by atoms with E-state index in [0.29, 0.717) is 57.9 Å². The minimum absolute atomic E-state index is 0.00133. The molecule has 0 amide bonds. The number of rotatable bonds is 8. The van der Waals surface area contributed by atoms with Gasteiger partial charge in [0, 0.05) is 17.2 Å². The minimum atomic E-state index is -4.79. The summed E-state index contributed by atoms with van der Waals surface area (Å²) in [7, 11) is 3.13. The number of carbonyl (C=O) groups excluding carboxylic acids is 2. The number of ketones is 2. The van der Waals surface area contributed by atoms with Gasteiger partial charge in [0.05, 0.1) is 33.0 Å². The van der Waals surface area contributed by atoms with Crippen LogP contribution in [0.1, 0.15) is 105 Å². The van der Waals surface area contributed by atoms with Gasteiger partial charge in [0.25, 0.3) is 0 Å². The molecule has 3 heterocycles. The van der Waals surface area contributed by atoms with Crippen LogP contribution in [0, 0.1) is 0 Å². The van der Waals surface area contributed by atoms with Gasteiger partial charge in [-0.2, -0.15) is 0 Å². The Kier molecular flexibility index (Phi) is 15.0. The fourth-order valence-electron chi connectivity index (χ4n) is 8.58. The summed E-state index contributed by atoms with van der Waals surface area (Å²) in [4.78, 5) is 25.4. The molecule has 0 aromatic heterocycles. The molecule has 0 bridgehead atoms. The predicted octanol–water partition coefficient (Wildman–Crippen LogP) is 11.7. The van der Waals surface area contributed by atoms with E-state index in [1.165, 1.54) is 49.6 Å². The lowest BCUT2D eigenvalue weighted by molar-refractivity contribution is -0.275. The Morgan fingerprint density at radius 2 is 1.24 bits per heavy atom. The van der Waals surface area contributed by atoms with E-state index in [1.807, 2.05) is 56.3 Å². The SMILES string of the molecule is CCC1NC(C)(c2ccc(O)cc2)C(O)c2ccc(OC(F)(F)F)cc21.COc1ccc(C2(C)OCc3cc(OC(F)(F)F)ccc3C2=O)cc1.COc1ccc2c(c1)C(=O)C(c1ccccc1)OC2. The van der Waals surface area contributed by atoms with Crippen molar-refractivity contribution in [1.82, 2.24) is 5.32 Å². The van der Waals surface area contributed by atoms with Crippen LogP contribution in [-0.4, -0.2) is 48.7 Å². The van der Waals surface area contributed by atoms with Crippen LogP contribution >= 0.6 is 0 Å². The number of aromatic hydroxyl groups is 1. The number of fused-ring (bicyclic) bond motifs is 3. The molecular formula is C53H49F6NO10. The average Bonchev–Trinajstić information content (AvgIpc) is 3.34. The Morgan fingerprint density at radius 3 is 1.86 bits per heavy atom. The molecule has 0 radical (unpaired) electrons. The van der Waals surface area contributed by atoms with Gasteiger partial charge in [-0.1, -0.05) is 73.7 Å². The molecule has 6 aromatic carbocycles. The average molecular weight is 974 g/mol. The van der Waals surface area contributed by atoms with E-state index in [2.05, 4.69) is 14.8 Å². The number of hydrogen-bond acceptors (Lipinski definition) is 11. The molecule has 6 aromatic rings. The first-order valence-corrected chi connectivity index (χ1v) is 21.9. The molecule has 3 aliphatic rings. The number of halogens is 6. The molecule has 0 spiro atoms. The summed E-state index contributed by atoms with van der Waals surface area (Å²) in [6.45, 7) is 5.83. The zero-order chi connectivity index (χ0) is 50.6. The van der Waals surface area contributed by atoms with Gasteiger partial charge in [-0.25, -0.2) is 0 Å². The molecule has 368 valence electrons. The number of benzene rings is 6. The van der Waals surface area contributed by atoms with Crippen molar-refractivity contribution < 1.29 is 74.6 Å². The van der Waals surface area contributed by atoms with Crippen molar-refractivity contribution in [1.29, 1.82) is 0 Å². The fraction of sp³-hybridized carbons (Fsp3) is 0.283. The number of hydrogen-bond donors (Lipinski definition) is 3. The molecule has 17 heteroatoms. The number of alkyl halides is 6. The maximum Gasteiger partial charge on any atom is 0.573 e. The van der Waals surface area contributed by atoms with Gasteiger partial charge in [0.2, 0.25) is 0 Å². The molecule has 5 unspecified atom stereocenters. The molecule has 3 aliphatic heterocycles. The third kappa shape index (κ3) is 11.2. The number of methoxy groups -OCH3 is 2. The summed E-state index contributed by atoms with van der Waals surface area (Å²) in [6, 6.07) is 35.8. The van der Waals surface area contributed by atoms with Crippen LogP contribution in [0.5, 0.6) is 28.7 Å². The van der Waals surface area contributed by atoms with Crippen LogP contribution in [0.4, 0.5) is 26.3 Å². The normalized spacial score (nSPS) is 21.6. The molecular weight excluding hydrogens is 925 g/mol. The van der Waals surface area contributed by atoms with Gasteiger partial charge in [-0.05, 0) is 126 Å². The highest BCUT2D eigenvalue weighted by molar-refractivity contribution is 6.05. The van der Waals surface area contributed by atoms with Gasteiger partial charge in [-0.15, -0.1) is 26.3 Å². The third-order valence-electron chi connectivity index (χ3n) is 12.3. The molecule has 0 saturated heterocycles. The van der Waals surface area contributed by atoms with Crippen molar-refractivity contribution in [2.24, 2.45) is 0 Å². The van der Waals surface area contributed by atoms with E-state index in [0.717, 1.165) is 22.8 Å². The molecule has 0 saturated carbocycles. The minimum Gasteiger partial charge on any atom is -0.508 e. The van der Waals surface area contributed by atoms with Gasteiger partial charge < -0.3 is 38.6 Å². The van der Waals surface area contributed by atoms with Gasteiger partial charge in [0.1, 0.15) is 41.0 Å². The molecule has 9 rings (SSSR count). The quantitative estimate of drug-likeness (QED) is 0.125. The third-order valence-corrected chi connectivity index (χ3v) is 12.3. The Hall–Kier alpha value is -6.92. The fourth-order valence-corrected chi connectivity index (χ4v) is 8.58. The Bertz CT molecular complexity index is 2800. The van der Waals surface area contributed by atoms with Crippen LogP contribution in [0.15, 0.2) is 133 Å². The first-order chi connectivity index (χ1) is 33.2. The molecule has 3 N–H and O–H groups in total. The van der Waals surface area contributed by atoms with Crippen LogP contribution < -0.4 is 24.3 Å². The molecule has 0 aliphatic carbocycles. The lowest BCUT2D eigenvalue weighted by Gasteiger charge is -2.45. The number of ether oxygens (including phenoxy) is 6. The second-order valence-corrected chi connectivity index (χ2v) is 16.8. The Labute approximate surface area is 399 Å². The highest BCUT2D eigenvalue weighted by Crippen LogP contribution is 2.46. The van der Waals surface area contributed by atoms with Crippen molar-refractivity contribution in [2.45, 2.75) is 82.5 Å². The second kappa shape index (κ2) is 20.6. The van der Waals surface area contributed by atoms with Crippen molar-refractivity contribution in [3.8, 4) is 28.7 Å². The highest BCUT2D eigenvalue weighted by Gasteiger charge is 2.45. The summed E-state index contributed by atoms with van der Waals surface area (Å²) in [5.41, 5.74) is 3.65. The summed E-state index contributed by atoms with van der Waals surface area (Å²) in [6.07, 6.45) is -10.4. The lowest BCUT2D eigenvalue weighted by atomic mass is 9.75. The van der Waals surface area contributed by atoms with Crippen LogP contribution in [-0.2, 0) is 33.8 Å². The second-order valence-electron chi connectivity index (χ2n) is 16.8. The number of phenolic OH excluding ortho intramolecular Hbond substituents is 1. The van der Waals surface area contributed by atoms with Crippen molar-refractivity contribution in [2.75, 3.05) is 14.2 Å². The van der Waals surface area contributed by atoms with Gasteiger partial charge in [0.15, 0.2) is 17.2 Å². The van der Waals surface area contributed by atoms with Gasteiger partial charge >= 0.3 is 12.7 Å². The van der Waals surface area contributed by atoms with Crippen molar-refractivity contribution in [3.63, 3.8) is 0 Å². The number of Topliss-reactive ketones (excluding diaryl/α,β-unsaturated/α-hetero) is 2. The smallest absolute Gasteiger partial charge is 0.508 e. The van der Waals surface area contributed by atoms with Crippen LogP contribution in [0.2, 0.25) is 0 Å². The summed E-state index contributed by atoms with van der Waals surface area (Å²) in [5.74, 6) is 0.436. The standard InChI is InChI=1S/C19H20F3NO3.C18H15F3O4.C16H14O3/c1-3-16-15-10-13(26-19(20,21)22)8-9-14(15)17(25)18(2,23-16)11-4-6-12(24)7-5-11;1-17(12-3-5-13(23-2)6-4-12)16(22)15-8-7-14(25-18(19,20)21)9-11(15)10-24-17;1-18-13-8-7-12-10-19-16(15(17)14(12)9-13)11-5-3-2-4-6-11/h4-10,16-17,23-25H,3H2,1-2H3;3-9H,10H2,1-2H3;2-9,16H,10H2,1H3. The predicted molar refractivity (Wildman–Crippen MR) is 244 cm³/mol. The largest absolute Gasteiger partial charge is 0.573 e. The number of nitrogens with one attached hydrogen (secondary N) is 1. The van der Waals surface area contributed by atoms with E-state index in [9.17, 15) is 46.1 Å². The molecule has 0 fully saturated rings. The van der Waals surface area contributed by atoms with E-state index in [1.54, 1.807) is 56.5 Å². The summed E-state index contributed by atoms with van der Waals surface area (Å²) < 4.78 is 104. The van der Waals surface area contributed by atoms with Crippen LogP contribution in [0.3, 0.4) is 0 Å². The van der Waals surface area contributed by atoms with E-state index in [4.69, 9.17) is 18.9 Å². The van der Waals surface area contributed by atoms with E-state index >= 15 is 0 Å². The monoisotopic (exact) mass is 973 g/mol. The molecule has 11 nitrogen and oxygen atoms in total. The van der Waals surface area contributed by atoms with Crippen LogP contribution in [0.25, 0.3) is 0 Å². The first-order valence-electron chi connectivity index (χ1n) is 21.9. The highest BCUT2D eigenvalue weighted by atomic mass is 19.4. The van der Waals surface area contributed by atoms with Crippen molar-refractivity contribution in [3.05, 3.63) is 184 Å². The zero-order valence-electron chi connectivity index (χ0n) is 38.5.